The molecule has 0 bridgehead atoms. The summed E-state index contributed by atoms with van der Waals surface area (Å²) in [6.07, 6.45) is 0. The van der Waals surface area contributed by atoms with Crippen molar-refractivity contribution in [1.29, 1.82) is 0 Å². The van der Waals surface area contributed by atoms with Crippen LogP contribution in [0.4, 0.5) is 0 Å². The lowest BCUT2D eigenvalue weighted by Crippen LogP contribution is -2.21. The van der Waals surface area contributed by atoms with Crippen molar-refractivity contribution in [2.45, 2.75) is 14.9 Å². The van der Waals surface area contributed by atoms with Crippen LogP contribution >= 0.6 is 0 Å². The Hall–Kier alpha value is -0.250. The molecule has 0 aliphatic rings. The quantitative estimate of drug-likeness (QED) is 0.205. The van der Waals surface area contributed by atoms with Crippen LogP contribution in [0.5, 0.6) is 0 Å². The van der Waals surface area contributed by atoms with E-state index in [0.717, 1.165) is 0 Å². The van der Waals surface area contributed by atoms with Gasteiger partial charge in [-0.1, -0.05) is 14.9 Å². The summed E-state index contributed by atoms with van der Waals surface area (Å²) in [6, 6.07) is 0. The van der Waals surface area contributed by atoms with Gasteiger partial charge in [-0.3, -0.25) is 10.1 Å². The van der Waals surface area contributed by atoms with Gasteiger partial charge < -0.3 is 44.3 Å². The highest BCUT2D eigenvalue weighted by atomic mass is 32.9. The molecule has 0 aromatic carbocycles. The van der Waals surface area contributed by atoms with Crippen LogP contribution in [-0.4, -0.2) is 35.6 Å². The Balaban J connectivity index is -0.0000000383. The Kier molecular flexibility index (Phi) is 40.6. The summed E-state index contributed by atoms with van der Waals surface area (Å²) >= 11 is -5.73. The predicted molar refractivity (Wildman–Crippen MR) is 59.6 cm³/mol. The lowest BCUT2D eigenvalue weighted by Gasteiger charge is -2.09. The second kappa shape index (κ2) is 25.0. The fourth-order valence-electron chi connectivity index (χ4n) is 0.113. The lowest BCUT2D eigenvalue weighted by molar-refractivity contribution is -0.781. The van der Waals surface area contributed by atoms with E-state index in [1.165, 1.54) is 0 Å². The van der Waals surface area contributed by atoms with Crippen molar-refractivity contribution in [3.63, 3.8) is 0 Å². The number of hydrogen-bond acceptors (Lipinski definition) is 17. The average molecular weight is 451 g/mol. The van der Waals surface area contributed by atoms with Crippen LogP contribution in [-0.2, 0) is 68.5 Å². The molecule has 0 amide bonds. The molecule has 0 aliphatic carbocycles. The van der Waals surface area contributed by atoms with Gasteiger partial charge in [0.1, 0.15) is 11.4 Å². The molecule has 0 fully saturated rings. The van der Waals surface area contributed by atoms with E-state index in [-0.39, 0.29) is 21.8 Å². The molecule has 0 spiro atoms. The van der Waals surface area contributed by atoms with E-state index in [0.29, 0.717) is 0 Å². The molecule has 3 atom stereocenters. The SMILES string of the molecule is C.C.O.O=S(=O)=S(=O)(O[O-])OO[O-].O=S([O-])OO[O-].O=S([O-])O[O-].[H+]. The molecule has 3 unspecified atom stereocenters. The Bertz CT molecular complexity index is 495. The van der Waals surface area contributed by atoms with Crippen molar-refractivity contribution in [3.05, 3.63) is 0 Å². The highest BCUT2D eigenvalue weighted by molar-refractivity contribution is 8.32. The highest BCUT2D eigenvalue weighted by Crippen LogP contribution is 1.91. The first-order valence-electron chi connectivity index (χ1n) is 3.00. The zero-order valence-electron chi connectivity index (χ0n) is 10.1. The molecule has 0 aromatic heterocycles. The van der Waals surface area contributed by atoms with E-state index in [1.807, 2.05) is 0 Å². The molecular weight excluding hydrogens is 440 g/mol. The second-order valence-corrected chi connectivity index (χ2v) is 6.06. The molecular formula is C2H11O18S4-5. The van der Waals surface area contributed by atoms with Gasteiger partial charge in [0.2, 0.25) is 0 Å². The maximum Gasteiger partial charge on any atom is 1.00 e. The van der Waals surface area contributed by atoms with Crippen LogP contribution in [0.1, 0.15) is 16.3 Å². The zero-order chi connectivity index (χ0) is 17.5. The first-order chi connectivity index (χ1) is 9.60. The smallest absolute Gasteiger partial charge is 0.750 e. The Morgan fingerprint density at radius 2 is 1.21 bits per heavy atom. The Labute approximate surface area is 142 Å². The number of hydrogen-bond donors (Lipinski definition) is 0. The fourth-order valence-corrected chi connectivity index (χ4v) is 0.680. The minimum Gasteiger partial charge on any atom is -0.750 e. The topological polar surface area (TPSA) is 311 Å². The fraction of sp³-hybridized carbons (Fsp3) is 1.00. The van der Waals surface area contributed by atoms with Gasteiger partial charge in [-0.2, -0.15) is 17.0 Å². The Morgan fingerprint density at radius 1 is 0.833 bits per heavy atom. The van der Waals surface area contributed by atoms with Crippen LogP contribution in [0.3, 0.4) is 0 Å². The zero-order valence-corrected chi connectivity index (χ0v) is 12.3. The normalized spacial score (nSPS) is 13.4. The van der Waals surface area contributed by atoms with Gasteiger partial charge in [0.05, 0.1) is 11.4 Å². The molecule has 0 aromatic rings. The van der Waals surface area contributed by atoms with Crippen molar-refractivity contribution >= 4 is 41.0 Å². The molecule has 0 rings (SSSR count). The third kappa shape index (κ3) is 29.7. The minimum atomic E-state index is -4.67. The first kappa shape index (κ1) is 39.0. The third-order valence-corrected chi connectivity index (χ3v) is 2.83. The molecule has 0 saturated carbocycles. The monoisotopic (exact) mass is 451 g/mol. The largest absolute Gasteiger partial charge is 1.00 e. The van der Waals surface area contributed by atoms with E-state index in [2.05, 4.69) is 27.4 Å². The summed E-state index contributed by atoms with van der Waals surface area (Å²) < 4.78 is 76.2. The van der Waals surface area contributed by atoms with Crippen molar-refractivity contribution in [2.24, 2.45) is 0 Å². The van der Waals surface area contributed by atoms with Gasteiger partial charge >= 0.3 is 19.7 Å². The van der Waals surface area contributed by atoms with Crippen molar-refractivity contribution < 1.29 is 85.5 Å². The van der Waals surface area contributed by atoms with Crippen LogP contribution < -0.4 is 21.0 Å². The van der Waals surface area contributed by atoms with E-state index in [1.54, 1.807) is 0 Å². The van der Waals surface area contributed by atoms with E-state index in [9.17, 15) is 17.9 Å². The van der Waals surface area contributed by atoms with Crippen LogP contribution in [0.25, 0.3) is 0 Å². The van der Waals surface area contributed by atoms with Crippen molar-refractivity contribution in [3.8, 4) is 0 Å². The summed E-state index contributed by atoms with van der Waals surface area (Å²) in [6.45, 7) is 0. The van der Waals surface area contributed by atoms with Gasteiger partial charge in [0.25, 0.3) is 0 Å². The van der Waals surface area contributed by atoms with Gasteiger partial charge in [0.15, 0.2) is 0 Å². The second-order valence-electron chi connectivity index (χ2n) is 1.43. The van der Waals surface area contributed by atoms with Gasteiger partial charge in [-0.15, -0.1) is 4.33 Å². The van der Waals surface area contributed by atoms with E-state index in [4.69, 9.17) is 33.3 Å². The maximum atomic E-state index is 10.2. The summed E-state index contributed by atoms with van der Waals surface area (Å²) in [7, 11) is -8.14. The molecule has 156 valence electrons. The van der Waals surface area contributed by atoms with Crippen LogP contribution in [0.2, 0.25) is 0 Å². The van der Waals surface area contributed by atoms with Gasteiger partial charge in [-0.25, -0.2) is 8.42 Å². The summed E-state index contributed by atoms with van der Waals surface area (Å²) in [4.78, 5) is 0. The molecule has 0 aliphatic heterocycles. The summed E-state index contributed by atoms with van der Waals surface area (Å²) in [5.41, 5.74) is 0. The minimum absolute atomic E-state index is 0. The average Bonchev–Trinajstić information content (AvgIpc) is 2.39. The number of rotatable bonds is 6. The maximum absolute atomic E-state index is 10.2. The van der Waals surface area contributed by atoms with Crippen molar-refractivity contribution in [2.75, 3.05) is 0 Å². The molecule has 2 N–H and O–H groups in total. The standard InChI is InChI=1S/2CH4.H2O8S2.H2O5S.H2O4S.H2O/c;;1-6-8-10(5,7-2)9(3)4;1-4-5-6(2)3;1-4-5(2)3;/h2*1H4;1-2H;1H,(H,2,3);1H,(H,2,3);1H2/p-5. The molecule has 0 heterocycles. The van der Waals surface area contributed by atoms with Gasteiger partial charge in [-0.05, 0) is 0 Å². The molecule has 22 heteroatoms. The van der Waals surface area contributed by atoms with Gasteiger partial charge in [0, 0.05) is 0 Å². The molecule has 0 radical (unpaired) electrons. The lowest BCUT2D eigenvalue weighted by atomic mass is 12.0. The summed E-state index contributed by atoms with van der Waals surface area (Å²) in [5, 5.41) is 40.3. The van der Waals surface area contributed by atoms with E-state index >= 15 is 0 Å². The molecule has 0 saturated heterocycles. The first-order valence-corrected chi connectivity index (χ1v) is 8.00. The Morgan fingerprint density at radius 3 is 1.25 bits per heavy atom. The van der Waals surface area contributed by atoms with E-state index < -0.39 is 41.0 Å². The van der Waals surface area contributed by atoms with Crippen LogP contribution in [0.15, 0.2) is 0 Å². The third-order valence-electron chi connectivity index (χ3n) is 0.500. The molecule has 24 heavy (non-hydrogen) atoms. The van der Waals surface area contributed by atoms with Crippen molar-refractivity contribution in [1.82, 2.24) is 0 Å². The molecule has 18 nitrogen and oxygen atoms in total. The predicted octanol–water partition coefficient (Wildman–Crippen LogP) is -6.95. The summed E-state index contributed by atoms with van der Waals surface area (Å²) in [5.74, 6) is 0. The highest BCUT2D eigenvalue weighted by Gasteiger charge is 2.05. The van der Waals surface area contributed by atoms with Crippen LogP contribution in [0, 0.1) is 0 Å².